The van der Waals surface area contributed by atoms with Gasteiger partial charge in [-0.25, -0.2) is 4.98 Å². The van der Waals surface area contributed by atoms with E-state index in [9.17, 15) is 0 Å². The van der Waals surface area contributed by atoms with Crippen LogP contribution in [0.4, 0.5) is 0 Å². The van der Waals surface area contributed by atoms with E-state index in [0.717, 1.165) is 16.9 Å². The van der Waals surface area contributed by atoms with Crippen molar-refractivity contribution in [3.63, 3.8) is 0 Å². The summed E-state index contributed by atoms with van der Waals surface area (Å²) in [4.78, 5) is 9.51. The summed E-state index contributed by atoms with van der Waals surface area (Å²) in [5, 5.41) is 2.52. The van der Waals surface area contributed by atoms with Crippen LogP contribution in [0.1, 0.15) is 25.0 Å². The van der Waals surface area contributed by atoms with E-state index >= 15 is 0 Å². The second-order valence-electron chi connectivity index (χ2n) is 12.0. The Labute approximate surface area is 249 Å². The molecule has 0 spiro atoms. The lowest BCUT2D eigenvalue weighted by Crippen LogP contribution is -2.26. The molecule has 1 aliphatic rings. The lowest BCUT2D eigenvalue weighted by atomic mass is 9.74. The number of benzene rings is 5. The van der Waals surface area contributed by atoms with Gasteiger partial charge in [-0.3, -0.25) is 9.55 Å². The monoisotopic (exact) mass is 552 g/mol. The minimum absolute atomic E-state index is 0.194. The molecular weight excluding hydrogens is 524 g/mol. The Morgan fingerprint density at radius 1 is 0.581 bits per heavy atom. The average molecular weight is 553 g/mol. The van der Waals surface area contributed by atoms with Crippen LogP contribution in [0.5, 0.6) is 0 Å². The third-order valence-electron chi connectivity index (χ3n) is 9.20. The summed E-state index contributed by atoms with van der Waals surface area (Å²) in [5.74, 6) is 0.926. The Bertz CT molecular complexity index is 2360. The molecule has 0 saturated heterocycles. The summed E-state index contributed by atoms with van der Waals surface area (Å²) < 4.78 is 4.70. The summed E-state index contributed by atoms with van der Waals surface area (Å²) in [6.45, 7) is 4.67. The number of aromatic nitrogens is 4. The van der Waals surface area contributed by atoms with E-state index in [2.05, 4.69) is 143 Å². The number of para-hydroxylation sites is 3. The third-order valence-corrected chi connectivity index (χ3v) is 9.20. The Morgan fingerprint density at radius 2 is 1.37 bits per heavy atom. The highest BCUT2D eigenvalue weighted by molar-refractivity contribution is 6.10. The number of nitrogens with zero attached hydrogens (tertiary/aromatic N) is 4. The molecule has 204 valence electrons. The molecule has 1 aliphatic heterocycles. The molecular formula is C39H28N4. The first-order valence-electron chi connectivity index (χ1n) is 14.8. The van der Waals surface area contributed by atoms with E-state index < -0.39 is 0 Å². The number of fused-ring (bicyclic) bond motifs is 5. The molecule has 0 amide bonds. The van der Waals surface area contributed by atoms with E-state index in [0.29, 0.717) is 0 Å². The van der Waals surface area contributed by atoms with Crippen LogP contribution in [0, 0.1) is 0 Å². The first kappa shape index (κ1) is 24.2. The highest BCUT2D eigenvalue weighted by Crippen LogP contribution is 2.47. The SMILES string of the molecule is CC1(C)c2cc(-c3ccc4c(c3)c3ccccc3n4-c3ccccc3)ccc2-n2c(-c3cccnc3)nc3cccc1c32. The van der Waals surface area contributed by atoms with E-state index in [1.165, 1.54) is 61.0 Å². The maximum absolute atomic E-state index is 5.11. The molecule has 0 bridgehead atoms. The first-order chi connectivity index (χ1) is 21.1. The van der Waals surface area contributed by atoms with Gasteiger partial charge in [-0.05, 0) is 82.9 Å². The molecule has 0 N–H and O–H groups in total. The van der Waals surface area contributed by atoms with E-state index in [1.54, 1.807) is 0 Å². The van der Waals surface area contributed by atoms with Gasteiger partial charge in [0.15, 0.2) is 0 Å². The van der Waals surface area contributed by atoms with Crippen molar-refractivity contribution in [2.75, 3.05) is 0 Å². The molecule has 0 atom stereocenters. The predicted molar refractivity (Wildman–Crippen MR) is 176 cm³/mol. The quantitative estimate of drug-likeness (QED) is 0.219. The molecule has 9 rings (SSSR count). The van der Waals surface area contributed by atoms with Crippen molar-refractivity contribution >= 4 is 32.8 Å². The van der Waals surface area contributed by atoms with Crippen molar-refractivity contribution in [3.05, 3.63) is 145 Å². The summed E-state index contributed by atoms with van der Waals surface area (Å²) >= 11 is 0. The molecule has 8 aromatic rings. The molecule has 0 radical (unpaired) electrons. The molecule has 4 heterocycles. The molecule has 0 unspecified atom stereocenters. The van der Waals surface area contributed by atoms with Gasteiger partial charge < -0.3 is 4.57 Å². The largest absolute Gasteiger partial charge is 0.309 e. The second-order valence-corrected chi connectivity index (χ2v) is 12.0. The topological polar surface area (TPSA) is 35.6 Å². The molecule has 3 aromatic heterocycles. The second kappa shape index (κ2) is 8.76. The summed E-state index contributed by atoms with van der Waals surface area (Å²) in [6.07, 6.45) is 3.71. The van der Waals surface area contributed by atoms with Gasteiger partial charge in [-0.15, -0.1) is 0 Å². The smallest absolute Gasteiger partial charge is 0.147 e. The van der Waals surface area contributed by atoms with Gasteiger partial charge in [-0.1, -0.05) is 74.5 Å². The van der Waals surface area contributed by atoms with Gasteiger partial charge in [0.25, 0.3) is 0 Å². The maximum Gasteiger partial charge on any atom is 0.147 e. The Kier molecular flexibility index (Phi) is 4.92. The number of rotatable bonds is 3. The van der Waals surface area contributed by atoms with Crippen molar-refractivity contribution in [2.45, 2.75) is 19.3 Å². The van der Waals surface area contributed by atoms with E-state index in [-0.39, 0.29) is 5.41 Å². The Hall–Kier alpha value is -5.48. The highest BCUT2D eigenvalue weighted by Gasteiger charge is 2.36. The minimum atomic E-state index is -0.194. The number of pyridine rings is 1. The zero-order valence-electron chi connectivity index (χ0n) is 24.0. The van der Waals surface area contributed by atoms with Crippen LogP contribution in [-0.2, 0) is 5.41 Å². The van der Waals surface area contributed by atoms with Crippen molar-refractivity contribution in [3.8, 4) is 33.9 Å². The van der Waals surface area contributed by atoms with Gasteiger partial charge >= 0.3 is 0 Å². The van der Waals surface area contributed by atoms with Gasteiger partial charge in [0.1, 0.15) is 5.82 Å². The fraction of sp³-hybridized carbons (Fsp3) is 0.0769. The molecule has 0 fully saturated rings. The molecule has 4 nitrogen and oxygen atoms in total. The van der Waals surface area contributed by atoms with Crippen LogP contribution in [0.25, 0.3) is 66.7 Å². The van der Waals surface area contributed by atoms with Crippen molar-refractivity contribution in [1.82, 2.24) is 19.1 Å². The first-order valence-corrected chi connectivity index (χ1v) is 14.8. The van der Waals surface area contributed by atoms with Gasteiger partial charge in [0, 0.05) is 39.8 Å². The number of imidazole rings is 1. The number of hydrogen-bond donors (Lipinski definition) is 0. The average Bonchev–Trinajstić information content (AvgIpc) is 3.61. The number of hydrogen-bond acceptors (Lipinski definition) is 2. The van der Waals surface area contributed by atoms with Crippen molar-refractivity contribution in [2.24, 2.45) is 0 Å². The van der Waals surface area contributed by atoms with Crippen LogP contribution >= 0.6 is 0 Å². The van der Waals surface area contributed by atoms with E-state index in [1.807, 2.05) is 18.5 Å². The molecule has 0 aliphatic carbocycles. The maximum atomic E-state index is 5.11. The minimum Gasteiger partial charge on any atom is -0.309 e. The predicted octanol–water partition coefficient (Wildman–Crippen LogP) is 9.49. The van der Waals surface area contributed by atoms with Crippen molar-refractivity contribution in [1.29, 1.82) is 0 Å². The van der Waals surface area contributed by atoms with Crippen molar-refractivity contribution < 1.29 is 0 Å². The van der Waals surface area contributed by atoms with E-state index in [4.69, 9.17) is 4.98 Å². The van der Waals surface area contributed by atoms with Gasteiger partial charge in [0.2, 0.25) is 0 Å². The highest BCUT2D eigenvalue weighted by atomic mass is 15.1. The summed E-state index contributed by atoms with van der Waals surface area (Å²) in [5.41, 5.74) is 12.8. The van der Waals surface area contributed by atoms with Crippen LogP contribution in [0.15, 0.2) is 134 Å². The zero-order valence-corrected chi connectivity index (χ0v) is 24.0. The molecule has 0 saturated carbocycles. The fourth-order valence-corrected chi connectivity index (χ4v) is 7.12. The zero-order chi connectivity index (χ0) is 28.7. The lowest BCUT2D eigenvalue weighted by molar-refractivity contribution is 0.629. The molecule has 43 heavy (non-hydrogen) atoms. The molecule has 4 heteroatoms. The molecule has 5 aromatic carbocycles. The summed E-state index contributed by atoms with van der Waals surface area (Å²) in [6, 6.07) is 43.7. The summed E-state index contributed by atoms with van der Waals surface area (Å²) in [7, 11) is 0. The lowest BCUT2D eigenvalue weighted by Gasteiger charge is -2.35. The van der Waals surface area contributed by atoms with Crippen LogP contribution in [0.2, 0.25) is 0 Å². The fourth-order valence-electron chi connectivity index (χ4n) is 7.12. The van der Waals surface area contributed by atoms with Crippen LogP contribution in [-0.4, -0.2) is 19.1 Å². The Morgan fingerprint density at radius 3 is 2.23 bits per heavy atom. The Balaban J connectivity index is 1.27. The van der Waals surface area contributed by atoms with Gasteiger partial charge in [-0.2, -0.15) is 0 Å². The van der Waals surface area contributed by atoms with Crippen LogP contribution in [0.3, 0.4) is 0 Å². The standard InChI is InChI=1S/C39H28N4/c1-39(2)31-14-8-15-33-37(31)43(38(41-33)27-10-9-21-40-24-27)36-20-18-26(23-32(36)39)25-17-19-35-30(22-25)29-13-6-7-16-34(29)42(35)28-11-4-3-5-12-28/h3-24H,1-2H3. The third kappa shape index (κ3) is 3.38. The van der Waals surface area contributed by atoms with Gasteiger partial charge in [0.05, 0.1) is 27.8 Å². The van der Waals surface area contributed by atoms with Crippen LogP contribution < -0.4 is 0 Å². The normalized spacial score (nSPS) is 13.5.